The van der Waals surface area contributed by atoms with Gasteiger partial charge in [-0.15, -0.1) is 0 Å². The predicted molar refractivity (Wildman–Crippen MR) is 117 cm³/mol. The molecule has 2 aromatic rings. The van der Waals surface area contributed by atoms with E-state index in [2.05, 4.69) is 5.32 Å². The van der Waals surface area contributed by atoms with Crippen molar-refractivity contribution in [3.05, 3.63) is 65.7 Å². The van der Waals surface area contributed by atoms with Gasteiger partial charge in [0.05, 0.1) is 12.9 Å². The molecule has 2 rings (SSSR count). The van der Waals surface area contributed by atoms with Gasteiger partial charge in [-0.3, -0.25) is 0 Å². The maximum absolute atomic E-state index is 11.8. The Morgan fingerprint density at radius 1 is 1.10 bits per heavy atom. The van der Waals surface area contributed by atoms with Gasteiger partial charge >= 0.3 is 16.1 Å². The van der Waals surface area contributed by atoms with Gasteiger partial charge in [-0.2, -0.15) is 8.42 Å². The zero-order valence-corrected chi connectivity index (χ0v) is 18.1. The third-order valence-corrected chi connectivity index (χ3v) is 4.57. The number of anilines is 1. The highest BCUT2D eigenvalue weighted by molar-refractivity contribution is 7.86. The molecule has 2 aromatic carbocycles. The van der Waals surface area contributed by atoms with E-state index in [0.717, 1.165) is 23.1 Å². The van der Waals surface area contributed by atoms with Crippen molar-refractivity contribution in [2.24, 2.45) is 0 Å². The Labute approximate surface area is 177 Å². The maximum Gasteiger partial charge on any atom is 0.335 e. The molecule has 0 spiro atoms. The molecule has 30 heavy (non-hydrogen) atoms. The molecular formula is C22H27NO6S. The first-order chi connectivity index (χ1) is 14.3. The van der Waals surface area contributed by atoms with E-state index in [-0.39, 0.29) is 11.7 Å². The third-order valence-electron chi connectivity index (χ3n) is 4.07. The molecule has 0 radical (unpaired) electrons. The van der Waals surface area contributed by atoms with Gasteiger partial charge in [0.1, 0.15) is 5.75 Å². The smallest absolute Gasteiger partial charge is 0.335 e. The minimum atomic E-state index is -3.52. The Bertz CT molecular complexity index is 937. The van der Waals surface area contributed by atoms with Crippen LogP contribution in [0.1, 0.15) is 18.1 Å². The van der Waals surface area contributed by atoms with Gasteiger partial charge in [-0.25, -0.2) is 4.79 Å². The van der Waals surface area contributed by atoms with E-state index in [9.17, 15) is 13.2 Å². The fourth-order valence-corrected chi connectivity index (χ4v) is 3.11. The number of hydrogen-bond donors (Lipinski definition) is 1. The van der Waals surface area contributed by atoms with E-state index in [1.54, 1.807) is 31.2 Å². The molecule has 0 fully saturated rings. The molecule has 0 aromatic heterocycles. The van der Waals surface area contributed by atoms with E-state index in [1.165, 1.54) is 7.11 Å². The van der Waals surface area contributed by atoms with Crippen molar-refractivity contribution in [1.82, 2.24) is 0 Å². The molecule has 1 unspecified atom stereocenters. The van der Waals surface area contributed by atoms with Crippen LogP contribution in [0.25, 0.3) is 6.08 Å². The fraction of sp³-hybridized carbons (Fsp3) is 0.318. The molecule has 0 saturated carbocycles. The van der Waals surface area contributed by atoms with Crippen molar-refractivity contribution in [3.8, 4) is 5.75 Å². The van der Waals surface area contributed by atoms with Crippen LogP contribution in [0.4, 0.5) is 5.69 Å². The molecule has 0 aliphatic heterocycles. The number of carbonyl (C=O) groups is 1. The molecule has 0 aliphatic carbocycles. The Morgan fingerprint density at radius 2 is 1.77 bits per heavy atom. The molecule has 1 atom stereocenters. The van der Waals surface area contributed by atoms with E-state index >= 15 is 0 Å². The molecule has 0 saturated heterocycles. The van der Waals surface area contributed by atoms with Gasteiger partial charge in [-0.1, -0.05) is 36.4 Å². The molecule has 162 valence electrons. The van der Waals surface area contributed by atoms with Crippen LogP contribution in [-0.4, -0.2) is 47.0 Å². The Balaban J connectivity index is 1.83. The topological polar surface area (TPSA) is 90.9 Å². The second-order valence-corrected chi connectivity index (χ2v) is 8.09. The Hall–Kier alpha value is -2.84. The van der Waals surface area contributed by atoms with Gasteiger partial charge in [0.25, 0.3) is 0 Å². The van der Waals surface area contributed by atoms with Crippen molar-refractivity contribution >= 4 is 27.9 Å². The summed E-state index contributed by atoms with van der Waals surface area (Å²) in [5.41, 5.74) is 2.86. The summed E-state index contributed by atoms with van der Waals surface area (Å²) in [5, 5.41) is 3.28. The third kappa shape index (κ3) is 8.26. The molecule has 0 heterocycles. The normalized spacial score (nSPS) is 12.5. The van der Waals surface area contributed by atoms with Crippen molar-refractivity contribution < 1.29 is 26.9 Å². The zero-order chi connectivity index (χ0) is 22.0. The van der Waals surface area contributed by atoms with Crippen LogP contribution >= 0.6 is 0 Å². The number of carbonyl (C=O) groups excluding carboxylic acids is 1. The highest BCUT2D eigenvalue weighted by Crippen LogP contribution is 2.15. The van der Waals surface area contributed by atoms with Crippen LogP contribution in [0.3, 0.4) is 0 Å². The minimum absolute atomic E-state index is 0.284. The van der Waals surface area contributed by atoms with E-state index in [1.807, 2.05) is 36.4 Å². The molecule has 1 N–H and O–H groups in total. The maximum atomic E-state index is 11.8. The van der Waals surface area contributed by atoms with Crippen LogP contribution in [-0.2, 0) is 30.8 Å². The molecule has 0 bridgehead atoms. The quantitative estimate of drug-likeness (QED) is 0.430. The molecule has 0 aliphatic rings. The number of esters is 1. The van der Waals surface area contributed by atoms with Crippen LogP contribution in [0.15, 0.2) is 54.6 Å². The summed E-state index contributed by atoms with van der Waals surface area (Å²) in [7, 11) is -2.02. The number of hydrogen-bond acceptors (Lipinski definition) is 7. The van der Waals surface area contributed by atoms with E-state index in [4.69, 9.17) is 13.7 Å². The second-order valence-electron chi connectivity index (χ2n) is 6.52. The summed E-state index contributed by atoms with van der Waals surface area (Å²) in [6.45, 7) is 2.71. The van der Waals surface area contributed by atoms with Crippen molar-refractivity contribution in [2.45, 2.75) is 19.4 Å². The Morgan fingerprint density at radius 3 is 2.33 bits per heavy atom. The molecule has 8 heteroatoms. The first kappa shape index (κ1) is 23.4. The lowest BCUT2D eigenvalue weighted by molar-refractivity contribution is -0.154. The zero-order valence-electron chi connectivity index (χ0n) is 17.3. The number of rotatable bonds is 11. The summed E-state index contributed by atoms with van der Waals surface area (Å²) in [6.07, 6.45) is 4.74. The standard InChI is InChI=1S/C22H27NO6S/c1-4-28-22(24)21(27-2)16-18-7-11-19(12-8-18)23-15-5-6-17-9-13-20(14-10-17)29-30(3,25)26/h5-14,21,23H,4,15-16H2,1-3H3. The van der Waals surface area contributed by atoms with Crippen molar-refractivity contribution in [2.75, 3.05) is 31.8 Å². The second kappa shape index (κ2) is 11.4. The number of nitrogens with one attached hydrogen (secondary N) is 1. The molecule has 7 nitrogen and oxygen atoms in total. The molecule has 0 amide bonds. The largest absolute Gasteiger partial charge is 0.464 e. The monoisotopic (exact) mass is 433 g/mol. The molecular weight excluding hydrogens is 406 g/mol. The number of ether oxygens (including phenoxy) is 2. The van der Waals surface area contributed by atoms with Crippen LogP contribution in [0.5, 0.6) is 5.75 Å². The minimum Gasteiger partial charge on any atom is -0.464 e. The number of methoxy groups -OCH3 is 1. The summed E-state index contributed by atoms with van der Waals surface area (Å²) in [5.74, 6) is -0.0743. The van der Waals surface area contributed by atoms with Crippen LogP contribution in [0.2, 0.25) is 0 Å². The van der Waals surface area contributed by atoms with Gasteiger partial charge in [0.15, 0.2) is 6.10 Å². The van der Waals surface area contributed by atoms with Gasteiger partial charge in [0, 0.05) is 25.8 Å². The predicted octanol–water partition coefficient (Wildman–Crippen LogP) is 3.27. The average Bonchev–Trinajstić information content (AvgIpc) is 2.70. The first-order valence-electron chi connectivity index (χ1n) is 9.49. The number of benzene rings is 2. The summed E-state index contributed by atoms with van der Waals surface area (Å²) >= 11 is 0. The summed E-state index contributed by atoms with van der Waals surface area (Å²) in [6, 6.07) is 14.5. The van der Waals surface area contributed by atoms with Gasteiger partial charge in [0.2, 0.25) is 0 Å². The summed E-state index contributed by atoms with van der Waals surface area (Å²) in [4.78, 5) is 11.8. The first-order valence-corrected chi connectivity index (χ1v) is 11.3. The van der Waals surface area contributed by atoms with Crippen molar-refractivity contribution in [1.29, 1.82) is 0 Å². The lowest BCUT2D eigenvalue weighted by atomic mass is 10.1. The highest BCUT2D eigenvalue weighted by Gasteiger charge is 2.19. The Kier molecular flexibility index (Phi) is 8.89. The van der Waals surface area contributed by atoms with Gasteiger partial charge < -0.3 is 19.0 Å². The van der Waals surface area contributed by atoms with E-state index in [0.29, 0.717) is 19.6 Å². The van der Waals surface area contributed by atoms with E-state index < -0.39 is 16.2 Å². The average molecular weight is 434 g/mol. The lowest BCUT2D eigenvalue weighted by Gasteiger charge is -2.14. The van der Waals surface area contributed by atoms with Crippen molar-refractivity contribution in [3.63, 3.8) is 0 Å². The lowest BCUT2D eigenvalue weighted by Crippen LogP contribution is -2.27. The SMILES string of the molecule is CCOC(=O)C(Cc1ccc(NCC=Cc2ccc(OS(C)(=O)=O)cc2)cc1)OC. The fourth-order valence-electron chi connectivity index (χ4n) is 2.65. The summed E-state index contributed by atoms with van der Waals surface area (Å²) < 4.78 is 37.2. The van der Waals surface area contributed by atoms with Crippen LogP contribution < -0.4 is 9.50 Å². The highest BCUT2D eigenvalue weighted by atomic mass is 32.2. The van der Waals surface area contributed by atoms with Gasteiger partial charge in [-0.05, 0) is 42.3 Å². The van der Waals surface area contributed by atoms with Crippen LogP contribution in [0, 0.1) is 0 Å².